The molecule has 5 heteroatoms. The van der Waals surface area contributed by atoms with E-state index in [-0.39, 0.29) is 17.8 Å². The predicted octanol–water partition coefficient (Wildman–Crippen LogP) is 2.16. The maximum absolute atomic E-state index is 13.2. The second-order valence-electron chi connectivity index (χ2n) is 5.63. The molecular weight excluding hydrogens is 273 g/mol. The van der Waals surface area contributed by atoms with Crippen molar-refractivity contribution in [2.75, 3.05) is 19.7 Å². The lowest BCUT2D eigenvalue weighted by Crippen LogP contribution is -2.50. The predicted molar refractivity (Wildman–Crippen MR) is 75.7 cm³/mol. The van der Waals surface area contributed by atoms with Crippen molar-refractivity contribution in [3.63, 3.8) is 0 Å². The van der Waals surface area contributed by atoms with Crippen LogP contribution in [0.4, 0.5) is 4.39 Å². The van der Waals surface area contributed by atoms with Crippen LogP contribution < -0.4 is 4.74 Å². The Morgan fingerprint density at radius 2 is 2.33 bits per heavy atom. The number of hydrogen-bond acceptors (Lipinski definition) is 3. The fourth-order valence-electron chi connectivity index (χ4n) is 2.97. The van der Waals surface area contributed by atoms with Crippen molar-refractivity contribution in [1.29, 1.82) is 0 Å². The molecule has 21 heavy (non-hydrogen) atoms. The standard InChI is InChI=1S/C16H20FNO3/c1-2-3-13-10-18(6-7-20-13)16(19)15-9-11-8-12(17)4-5-14(11)21-15/h4-5,8,13,15H,2-3,6-7,9-10H2,1H3/t13-,15-/m0/s1. The zero-order valence-corrected chi connectivity index (χ0v) is 12.2. The average Bonchev–Trinajstić information content (AvgIpc) is 2.90. The molecule has 1 amide bonds. The van der Waals surface area contributed by atoms with E-state index in [1.165, 1.54) is 12.1 Å². The largest absolute Gasteiger partial charge is 0.480 e. The van der Waals surface area contributed by atoms with Crippen molar-refractivity contribution in [1.82, 2.24) is 4.90 Å². The van der Waals surface area contributed by atoms with Gasteiger partial charge in [-0.2, -0.15) is 0 Å². The molecular formula is C16H20FNO3. The quantitative estimate of drug-likeness (QED) is 0.857. The molecule has 0 radical (unpaired) electrons. The van der Waals surface area contributed by atoms with Crippen molar-refractivity contribution in [3.05, 3.63) is 29.6 Å². The van der Waals surface area contributed by atoms with Gasteiger partial charge >= 0.3 is 0 Å². The Bertz CT molecular complexity index is 532. The highest BCUT2D eigenvalue weighted by Crippen LogP contribution is 2.30. The average molecular weight is 293 g/mol. The Morgan fingerprint density at radius 1 is 1.48 bits per heavy atom. The number of carbonyl (C=O) groups excluding carboxylic acids is 1. The van der Waals surface area contributed by atoms with Crippen molar-refractivity contribution in [2.45, 2.75) is 38.4 Å². The molecule has 1 aromatic rings. The van der Waals surface area contributed by atoms with E-state index in [0.717, 1.165) is 18.4 Å². The number of nitrogens with zero attached hydrogens (tertiary/aromatic N) is 1. The fourth-order valence-corrected chi connectivity index (χ4v) is 2.97. The minimum absolute atomic E-state index is 0.0176. The second kappa shape index (κ2) is 6.02. The lowest BCUT2D eigenvalue weighted by atomic mass is 10.1. The Kier molecular flexibility index (Phi) is 4.10. The summed E-state index contributed by atoms with van der Waals surface area (Å²) in [6.45, 7) is 3.90. The van der Waals surface area contributed by atoms with Crippen LogP contribution in [0.5, 0.6) is 5.75 Å². The summed E-state index contributed by atoms with van der Waals surface area (Å²) in [6.07, 6.45) is 2.04. The van der Waals surface area contributed by atoms with E-state index in [0.29, 0.717) is 31.9 Å². The molecule has 2 aliphatic rings. The maximum Gasteiger partial charge on any atom is 0.264 e. The summed E-state index contributed by atoms with van der Waals surface area (Å²) >= 11 is 0. The van der Waals surface area contributed by atoms with E-state index in [4.69, 9.17) is 9.47 Å². The number of carbonyl (C=O) groups is 1. The van der Waals surface area contributed by atoms with Gasteiger partial charge in [0, 0.05) is 25.1 Å². The number of fused-ring (bicyclic) bond motifs is 1. The molecule has 1 saturated heterocycles. The van der Waals surface area contributed by atoms with E-state index < -0.39 is 6.10 Å². The molecule has 0 bridgehead atoms. The number of benzene rings is 1. The zero-order chi connectivity index (χ0) is 14.8. The minimum atomic E-state index is -0.526. The van der Waals surface area contributed by atoms with Gasteiger partial charge in [0.15, 0.2) is 6.10 Å². The Hall–Kier alpha value is -1.62. The maximum atomic E-state index is 13.2. The summed E-state index contributed by atoms with van der Waals surface area (Å²) < 4.78 is 24.5. The summed E-state index contributed by atoms with van der Waals surface area (Å²) in [7, 11) is 0. The molecule has 3 rings (SSSR count). The highest BCUT2D eigenvalue weighted by molar-refractivity contribution is 5.82. The van der Waals surface area contributed by atoms with E-state index in [9.17, 15) is 9.18 Å². The molecule has 1 fully saturated rings. The highest BCUT2D eigenvalue weighted by Gasteiger charge is 2.34. The first-order chi connectivity index (χ1) is 10.2. The topological polar surface area (TPSA) is 38.8 Å². The van der Waals surface area contributed by atoms with Gasteiger partial charge in [-0.15, -0.1) is 0 Å². The molecule has 2 heterocycles. The first-order valence-corrected chi connectivity index (χ1v) is 7.53. The minimum Gasteiger partial charge on any atom is -0.480 e. The molecule has 0 aromatic heterocycles. The molecule has 0 aliphatic carbocycles. The van der Waals surface area contributed by atoms with Gasteiger partial charge in [0.2, 0.25) is 0 Å². The van der Waals surface area contributed by atoms with Crippen LogP contribution >= 0.6 is 0 Å². The number of ether oxygens (including phenoxy) is 2. The van der Waals surface area contributed by atoms with Crippen LogP contribution in [0.2, 0.25) is 0 Å². The van der Waals surface area contributed by atoms with E-state index >= 15 is 0 Å². The van der Waals surface area contributed by atoms with Crippen molar-refractivity contribution in [2.24, 2.45) is 0 Å². The van der Waals surface area contributed by atoms with Gasteiger partial charge in [-0.1, -0.05) is 13.3 Å². The number of hydrogen-bond donors (Lipinski definition) is 0. The molecule has 0 spiro atoms. The van der Waals surface area contributed by atoms with Crippen LogP contribution in [0.25, 0.3) is 0 Å². The normalized spacial score (nSPS) is 24.6. The van der Waals surface area contributed by atoms with Gasteiger partial charge in [0.1, 0.15) is 11.6 Å². The van der Waals surface area contributed by atoms with E-state index in [1.807, 2.05) is 4.90 Å². The molecule has 2 aliphatic heterocycles. The molecule has 0 unspecified atom stereocenters. The van der Waals surface area contributed by atoms with Crippen LogP contribution in [-0.4, -0.2) is 42.7 Å². The smallest absolute Gasteiger partial charge is 0.264 e. The number of halogens is 1. The third-order valence-electron chi connectivity index (χ3n) is 4.03. The van der Waals surface area contributed by atoms with Crippen molar-refractivity contribution >= 4 is 5.91 Å². The van der Waals surface area contributed by atoms with E-state index in [1.54, 1.807) is 6.07 Å². The molecule has 0 N–H and O–H groups in total. The highest BCUT2D eigenvalue weighted by atomic mass is 19.1. The lowest BCUT2D eigenvalue weighted by Gasteiger charge is -2.34. The number of amides is 1. The van der Waals surface area contributed by atoms with Crippen LogP contribution in [0.1, 0.15) is 25.3 Å². The van der Waals surface area contributed by atoms with Crippen LogP contribution in [-0.2, 0) is 16.0 Å². The Morgan fingerprint density at radius 3 is 3.14 bits per heavy atom. The summed E-state index contributed by atoms with van der Waals surface area (Å²) in [5, 5.41) is 0. The molecule has 4 nitrogen and oxygen atoms in total. The Balaban J connectivity index is 1.64. The summed E-state index contributed by atoms with van der Waals surface area (Å²) in [5.74, 6) is 0.309. The summed E-state index contributed by atoms with van der Waals surface area (Å²) in [4.78, 5) is 14.4. The lowest BCUT2D eigenvalue weighted by molar-refractivity contribution is -0.145. The summed E-state index contributed by atoms with van der Waals surface area (Å²) in [5.41, 5.74) is 0.770. The molecule has 2 atom stereocenters. The second-order valence-corrected chi connectivity index (χ2v) is 5.63. The van der Waals surface area contributed by atoms with E-state index in [2.05, 4.69) is 6.92 Å². The Labute approximate surface area is 123 Å². The third-order valence-corrected chi connectivity index (χ3v) is 4.03. The first kappa shape index (κ1) is 14.3. The number of morpholine rings is 1. The number of rotatable bonds is 3. The molecule has 114 valence electrons. The summed E-state index contributed by atoms with van der Waals surface area (Å²) in [6, 6.07) is 4.40. The van der Waals surface area contributed by atoms with Crippen molar-refractivity contribution in [3.8, 4) is 5.75 Å². The van der Waals surface area contributed by atoms with Crippen molar-refractivity contribution < 1.29 is 18.7 Å². The first-order valence-electron chi connectivity index (χ1n) is 7.53. The van der Waals surface area contributed by atoms with Gasteiger partial charge in [-0.25, -0.2) is 4.39 Å². The monoisotopic (exact) mass is 293 g/mol. The van der Waals surface area contributed by atoms with Gasteiger partial charge < -0.3 is 14.4 Å². The SMILES string of the molecule is CCC[C@H]1CN(C(=O)[C@@H]2Cc3cc(F)ccc3O2)CCO1. The zero-order valence-electron chi connectivity index (χ0n) is 12.2. The van der Waals surface area contributed by atoms with Crippen LogP contribution in [0.3, 0.4) is 0 Å². The van der Waals surface area contributed by atoms with Crippen LogP contribution in [0.15, 0.2) is 18.2 Å². The molecule has 1 aromatic carbocycles. The third kappa shape index (κ3) is 3.02. The van der Waals surface area contributed by atoms with Gasteiger partial charge in [0.05, 0.1) is 12.7 Å². The van der Waals surface area contributed by atoms with Gasteiger partial charge in [-0.3, -0.25) is 4.79 Å². The van der Waals surface area contributed by atoms with Crippen LogP contribution in [0, 0.1) is 5.82 Å². The van der Waals surface area contributed by atoms with Gasteiger partial charge in [-0.05, 0) is 24.6 Å². The van der Waals surface area contributed by atoms with Gasteiger partial charge in [0.25, 0.3) is 5.91 Å². The molecule has 0 saturated carbocycles. The fraction of sp³-hybridized carbons (Fsp3) is 0.562.